The van der Waals surface area contributed by atoms with Gasteiger partial charge in [-0.15, -0.1) is 0 Å². The van der Waals surface area contributed by atoms with Crippen molar-refractivity contribution in [2.24, 2.45) is 5.92 Å². The van der Waals surface area contributed by atoms with Gasteiger partial charge < -0.3 is 24.1 Å². The van der Waals surface area contributed by atoms with Crippen molar-refractivity contribution in [3.05, 3.63) is 129 Å². The number of H-pyrrole nitrogens is 1. The van der Waals surface area contributed by atoms with Crippen molar-refractivity contribution in [1.29, 1.82) is 0 Å². The van der Waals surface area contributed by atoms with E-state index < -0.39 is 41.1 Å². The Balaban J connectivity index is 1.53. The maximum absolute atomic E-state index is 15.8. The number of aromatic nitrogens is 2. The summed E-state index contributed by atoms with van der Waals surface area (Å²) in [4.78, 5) is 26.0. The second kappa shape index (κ2) is 12.7. The summed E-state index contributed by atoms with van der Waals surface area (Å²) < 4.78 is 40.2. The Bertz CT molecular complexity index is 1520. The van der Waals surface area contributed by atoms with Crippen LogP contribution in [-0.4, -0.2) is 61.0 Å². The molecular formula is C32H33FN2O7. The van der Waals surface area contributed by atoms with Gasteiger partial charge in [-0.05, 0) is 41.0 Å². The van der Waals surface area contributed by atoms with Crippen LogP contribution in [0.4, 0.5) is 4.39 Å². The van der Waals surface area contributed by atoms with E-state index in [0.717, 1.165) is 27.3 Å². The first-order chi connectivity index (χ1) is 20.4. The van der Waals surface area contributed by atoms with E-state index in [-0.39, 0.29) is 19.8 Å². The summed E-state index contributed by atoms with van der Waals surface area (Å²) in [6.45, 7) is -0.254. The number of hydrogen-bond donors (Lipinski definition) is 2. The van der Waals surface area contributed by atoms with E-state index in [1.165, 1.54) is 6.20 Å². The summed E-state index contributed by atoms with van der Waals surface area (Å²) in [5.41, 5.74) is -0.132. The highest BCUT2D eigenvalue weighted by molar-refractivity contribution is 5.49. The first-order valence-electron chi connectivity index (χ1n) is 13.6. The van der Waals surface area contributed by atoms with E-state index in [9.17, 15) is 14.7 Å². The number of ether oxygens (including phenoxy) is 4. The van der Waals surface area contributed by atoms with Crippen LogP contribution in [0.5, 0.6) is 11.5 Å². The average molecular weight is 577 g/mol. The number of hydrogen-bond acceptors (Lipinski definition) is 7. The third kappa shape index (κ3) is 5.74. The van der Waals surface area contributed by atoms with Crippen LogP contribution in [0.2, 0.25) is 0 Å². The molecule has 0 spiro atoms. The minimum atomic E-state index is -1.86. The Hall–Kier alpha value is -4.25. The molecule has 0 bridgehead atoms. The van der Waals surface area contributed by atoms with Crippen molar-refractivity contribution in [2.45, 2.75) is 23.9 Å². The first-order valence-corrected chi connectivity index (χ1v) is 13.6. The summed E-state index contributed by atoms with van der Waals surface area (Å²) >= 11 is 0. The van der Waals surface area contributed by atoms with Crippen molar-refractivity contribution in [3.8, 4) is 11.5 Å². The largest absolute Gasteiger partial charge is 0.497 e. The van der Waals surface area contributed by atoms with Gasteiger partial charge in [0.15, 0.2) is 0 Å². The molecule has 4 atom stereocenters. The molecule has 0 radical (unpaired) electrons. The highest BCUT2D eigenvalue weighted by atomic mass is 19.1. The van der Waals surface area contributed by atoms with Crippen LogP contribution in [0.1, 0.15) is 22.7 Å². The van der Waals surface area contributed by atoms with E-state index in [1.54, 1.807) is 14.2 Å². The Morgan fingerprint density at radius 1 is 0.881 bits per heavy atom. The lowest BCUT2D eigenvalue weighted by Crippen LogP contribution is -2.43. The lowest BCUT2D eigenvalue weighted by atomic mass is 9.79. The van der Waals surface area contributed by atoms with Crippen molar-refractivity contribution in [2.75, 3.05) is 34.0 Å². The van der Waals surface area contributed by atoms with Crippen molar-refractivity contribution < 1.29 is 28.4 Å². The molecule has 42 heavy (non-hydrogen) atoms. The van der Waals surface area contributed by atoms with Crippen LogP contribution < -0.4 is 20.7 Å². The van der Waals surface area contributed by atoms with E-state index >= 15 is 4.39 Å². The fourth-order valence-corrected chi connectivity index (χ4v) is 5.39. The number of methoxy groups -OCH3 is 2. The number of benzene rings is 3. The molecule has 0 amide bonds. The van der Waals surface area contributed by atoms with Crippen LogP contribution in [0.15, 0.2) is 101 Å². The smallest absolute Gasteiger partial charge is 0.328 e. The molecule has 1 aliphatic heterocycles. The van der Waals surface area contributed by atoms with Gasteiger partial charge in [0.05, 0.1) is 46.2 Å². The predicted octanol–water partition coefficient (Wildman–Crippen LogP) is 3.45. The van der Waals surface area contributed by atoms with Gasteiger partial charge in [-0.1, -0.05) is 54.6 Å². The number of nitrogens with zero attached hydrogens (tertiary/aromatic N) is 1. The molecule has 4 aromatic rings. The standard InChI is InChI=1S/C32H33FN2O7/c1-39-25-12-8-23(9-13-25)32(22-6-4-3-5-7-22,24-10-14-26(40-2)15-11-24)42-19-21-18-41-20-27(29(33)30(21)37)35-17-16-28(36)34-31(35)38/h3-17,21,27,29-30,37H,18-20H2,1-2H3,(H,34,36,38)/t21-,27-,29?,30?/m1/s1. The zero-order chi connectivity index (χ0) is 29.7. The van der Waals surface area contributed by atoms with Crippen LogP contribution in [-0.2, 0) is 15.1 Å². The highest BCUT2D eigenvalue weighted by Crippen LogP contribution is 2.42. The van der Waals surface area contributed by atoms with Gasteiger partial charge in [0.25, 0.3) is 5.56 Å². The molecule has 5 rings (SSSR count). The molecule has 0 saturated carbocycles. The molecule has 1 aliphatic rings. The molecule has 2 heterocycles. The Labute approximate surface area is 242 Å². The highest BCUT2D eigenvalue weighted by Gasteiger charge is 2.43. The summed E-state index contributed by atoms with van der Waals surface area (Å²) in [6.07, 6.45) is -2.17. The second-order valence-electron chi connectivity index (χ2n) is 10.1. The van der Waals surface area contributed by atoms with Crippen LogP contribution in [0.25, 0.3) is 0 Å². The Kier molecular flexibility index (Phi) is 8.86. The minimum Gasteiger partial charge on any atom is -0.497 e. The molecule has 2 unspecified atom stereocenters. The molecule has 220 valence electrons. The van der Waals surface area contributed by atoms with Gasteiger partial charge >= 0.3 is 5.69 Å². The number of rotatable bonds is 9. The molecule has 1 saturated heterocycles. The van der Waals surface area contributed by atoms with Crippen molar-refractivity contribution in [3.63, 3.8) is 0 Å². The number of aromatic amines is 1. The monoisotopic (exact) mass is 576 g/mol. The third-order valence-electron chi connectivity index (χ3n) is 7.69. The van der Waals surface area contributed by atoms with Gasteiger partial charge in [-0.3, -0.25) is 14.3 Å². The Morgan fingerprint density at radius 2 is 1.45 bits per heavy atom. The topological polar surface area (TPSA) is 112 Å². The van der Waals surface area contributed by atoms with Gasteiger partial charge in [0.2, 0.25) is 0 Å². The quantitative estimate of drug-likeness (QED) is 0.294. The fraction of sp³-hybridized carbons (Fsp3) is 0.312. The zero-order valence-electron chi connectivity index (χ0n) is 23.3. The first kappa shape index (κ1) is 29.2. The molecule has 2 N–H and O–H groups in total. The van der Waals surface area contributed by atoms with Gasteiger partial charge in [0, 0.05) is 18.2 Å². The maximum atomic E-state index is 15.8. The molecule has 3 aromatic carbocycles. The average Bonchev–Trinajstić information content (AvgIpc) is 3.16. The summed E-state index contributed by atoms with van der Waals surface area (Å²) in [7, 11) is 3.18. The van der Waals surface area contributed by atoms with Crippen LogP contribution in [0, 0.1) is 5.92 Å². The van der Waals surface area contributed by atoms with Gasteiger partial charge in [-0.2, -0.15) is 0 Å². The normalized spacial score (nSPS) is 21.0. The molecule has 1 fully saturated rings. The van der Waals surface area contributed by atoms with Crippen LogP contribution in [0.3, 0.4) is 0 Å². The summed E-state index contributed by atoms with van der Waals surface area (Å²) in [5.74, 6) is 0.571. The Morgan fingerprint density at radius 3 is 2.00 bits per heavy atom. The van der Waals surface area contributed by atoms with E-state index in [1.807, 2.05) is 78.9 Å². The number of halogens is 1. The molecule has 10 heteroatoms. The van der Waals surface area contributed by atoms with Crippen LogP contribution >= 0.6 is 0 Å². The van der Waals surface area contributed by atoms with Gasteiger partial charge in [-0.25, -0.2) is 9.18 Å². The summed E-state index contributed by atoms with van der Waals surface area (Å²) in [5, 5.41) is 11.2. The molecular weight excluding hydrogens is 543 g/mol. The van der Waals surface area contributed by atoms with Gasteiger partial charge in [0.1, 0.15) is 23.3 Å². The number of aliphatic hydroxyl groups is 1. The third-order valence-corrected chi connectivity index (χ3v) is 7.69. The second-order valence-corrected chi connectivity index (χ2v) is 10.1. The fourth-order valence-electron chi connectivity index (χ4n) is 5.39. The van der Waals surface area contributed by atoms with Crippen molar-refractivity contribution >= 4 is 0 Å². The minimum absolute atomic E-state index is 0.00765. The molecule has 9 nitrogen and oxygen atoms in total. The number of aliphatic hydroxyl groups excluding tert-OH is 1. The number of nitrogens with one attached hydrogen (secondary N) is 1. The SMILES string of the molecule is COc1ccc(C(OC[C@H]2COC[C@@H](n3ccc(=O)[nH]c3=O)C(F)C2O)(c2ccccc2)c2ccc(OC)cc2)cc1. The lowest BCUT2D eigenvalue weighted by molar-refractivity contribution is -0.0656. The zero-order valence-corrected chi connectivity index (χ0v) is 23.3. The molecule has 1 aromatic heterocycles. The maximum Gasteiger partial charge on any atom is 0.328 e. The van der Waals surface area contributed by atoms with E-state index in [4.69, 9.17) is 18.9 Å². The number of alkyl halides is 1. The summed E-state index contributed by atoms with van der Waals surface area (Å²) in [6, 6.07) is 24.6. The lowest BCUT2D eigenvalue weighted by Gasteiger charge is -2.38. The predicted molar refractivity (Wildman–Crippen MR) is 154 cm³/mol. The van der Waals surface area contributed by atoms with Crippen molar-refractivity contribution in [1.82, 2.24) is 9.55 Å². The molecule has 0 aliphatic carbocycles. The van der Waals surface area contributed by atoms with E-state index in [2.05, 4.69) is 4.98 Å². The van der Waals surface area contributed by atoms with E-state index in [0.29, 0.717) is 11.5 Å².